The van der Waals surface area contributed by atoms with Crippen molar-refractivity contribution in [3.05, 3.63) is 65.7 Å². The number of alkyl halides is 3. The number of halogens is 3. The maximum absolute atomic E-state index is 12.4. The van der Waals surface area contributed by atoms with E-state index in [0.717, 1.165) is 11.6 Å². The molecule has 0 aliphatic rings. The first-order valence-electron chi connectivity index (χ1n) is 8.96. The molecule has 0 heterocycles. The number of nitrogens with one attached hydrogen (secondary N) is 2. The summed E-state index contributed by atoms with van der Waals surface area (Å²) in [7, 11) is 3.57. The molecule has 0 aromatic heterocycles. The van der Waals surface area contributed by atoms with Crippen molar-refractivity contribution in [3.8, 4) is 5.75 Å². The van der Waals surface area contributed by atoms with Crippen LogP contribution in [0.4, 0.5) is 18.9 Å². The Labute approximate surface area is 172 Å². The van der Waals surface area contributed by atoms with Gasteiger partial charge in [0.1, 0.15) is 5.75 Å². The maximum atomic E-state index is 12.4. The molecule has 2 amide bonds. The quantitative estimate of drug-likeness (QED) is 0.641. The van der Waals surface area contributed by atoms with Crippen LogP contribution in [-0.2, 0) is 16.1 Å². The molecule has 2 aromatic rings. The van der Waals surface area contributed by atoms with Crippen molar-refractivity contribution in [1.29, 1.82) is 0 Å². The lowest BCUT2D eigenvalue weighted by Crippen LogP contribution is -2.27. The molecule has 9 heteroatoms. The molecule has 0 radical (unpaired) electrons. The van der Waals surface area contributed by atoms with E-state index in [1.54, 1.807) is 43.3 Å². The van der Waals surface area contributed by atoms with E-state index in [2.05, 4.69) is 15.4 Å². The van der Waals surface area contributed by atoms with Gasteiger partial charge in [-0.25, -0.2) is 0 Å². The van der Waals surface area contributed by atoms with Crippen molar-refractivity contribution in [2.24, 2.45) is 0 Å². The number of ether oxygens (including phenoxy) is 1. The molecule has 0 fully saturated rings. The summed E-state index contributed by atoms with van der Waals surface area (Å²) in [6.45, 7) is 0.423. The topological polar surface area (TPSA) is 70.7 Å². The van der Waals surface area contributed by atoms with Crippen LogP contribution in [0.2, 0.25) is 0 Å². The highest BCUT2D eigenvalue weighted by atomic mass is 19.4. The van der Waals surface area contributed by atoms with Crippen molar-refractivity contribution >= 4 is 23.6 Å². The van der Waals surface area contributed by atoms with Crippen molar-refractivity contribution in [3.63, 3.8) is 0 Å². The normalized spacial score (nSPS) is 11.5. The molecule has 2 N–H and O–H groups in total. The Balaban J connectivity index is 1.94. The van der Waals surface area contributed by atoms with E-state index in [1.807, 2.05) is 0 Å². The SMILES string of the molecule is CN(C)CC(=O)Nc1cccc(CNC(=O)/C=C/c2ccccc2OC(F)(F)F)c1. The Morgan fingerprint density at radius 2 is 1.83 bits per heavy atom. The number of benzene rings is 2. The Bertz CT molecular complexity index is 912. The molecule has 2 aromatic carbocycles. The van der Waals surface area contributed by atoms with Crippen LogP contribution in [0.15, 0.2) is 54.6 Å². The lowest BCUT2D eigenvalue weighted by molar-refractivity contribution is -0.274. The molecular weight excluding hydrogens is 399 g/mol. The third kappa shape index (κ3) is 8.36. The minimum Gasteiger partial charge on any atom is -0.405 e. The van der Waals surface area contributed by atoms with E-state index in [9.17, 15) is 22.8 Å². The second-order valence-electron chi connectivity index (χ2n) is 6.62. The molecule has 30 heavy (non-hydrogen) atoms. The van der Waals surface area contributed by atoms with Crippen molar-refractivity contribution in [2.45, 2.75) is 12.9 Å². The van der Waals surface area contributed by atoms with Gasteiger partial charge >= 0.3 is 6.36 Å². The van der Waals surface area contributed by atoms with Crippen LogP contribution in [0.1, 0.15) is 11.1 Å². The number of anilines is 1. The van der Waals surface area contributed by atoms with Gasteiger partial charge in [0, 0.05) is 23.9 Å². The average Bonchev–Trinajstić information content (AvgIpc) is 2.64. The lowest BCUT2D eigenvalue weighted by atomic mass is 10.2. The van der Waals surface area contributed by atoms with E-state index < -0.39 is 18.0 Å². The molecule has 0 saturated heterocycles. The fraction of sp³-hybridized carbons (Fsp3) is 0.238. The van der Waals surface area contributed by atoms with Gasteiger partial charge in [0.15, 0.2) is 0 Å². The molecular formula is C21H22F3N3O3. The van der Waals surface area contributed by atoms with Gasteiger partial charge in [-0.2, -0.15) is 0 Å². The number of carbonyl (C=O) groups is 2. The number of hydrogen-bond acceptors (Lipinski definition) is 4. The summed E-state index contributed by atoms with van der Waals surface area (Å²) >= 11 is 0. The van der Waals surface area contributed by atoms with Crippen molar-refractivity contribution in [2.75, 3.05) is 26.0 Å². The van der Waals surface area contributed by atoms with E-state index in [1.165, 1.54) is 30.3 Å². The first-order valence-corrected chi connectivity index (χ1v) is 8.96. The van der Waals surface area contributed by atoms with Gasteiger partial charge in [0.2, 0.25) is 11.8 Å². The standard InChI is InChI=1S/C21H22F3N3O3/c1-27(2)14-20(29)26-17-8-5-6-15(12-17)13-25-19(28)11-10-16-7-3-4-9-18(16)30-21(22,23)24/h3-12H,13-14H2,1-2H3,(H,25,28)(H,26,29)/b11-10+. The van der Waals surface area contributed by atoms with E-state index in [0.29, 0.717) is 5.69 Å². The van der Waals surface area contributed by atoms with Gasteiger partial charge in [0.05, 0.1) is 6.54 Å². The van der Waals surface area contributed by atoms with Gasteiger partial charge in [-0.3, -0.25) is 9.59 Å². The zero-order chi connectivity index (χ0) is 22.1. The van der Waals surface area contributed by atoms with Crippen LogP contribution < -0.4 is 15.4 Å². The summed E-state index contributed by atoms with van der Waals surface area (Å²) in [5.74, 6) is -1.04. The predicted octanol–water partition coefficient (Wildman–Crippen LogP) is 3.41. The Kier molecular flexibility index (Phi) is 7.99. The first-order chi connectivity index (χ1) is 14.1. The highest BCUT2D eigenvalue weighted by molar-refractivity contribution is 5.93. The van der Waals surface area contributed by atoms with Crippen molar-refractivity contribution < 1.29 is 27.5 Å². The summed E-state index contributed by atoms with van der Waals surface area (Å²) in [5.41, 5.74) is 1.47. The van der Waals surface area contributed by atoms with Gasteiger partial charge in [-0.05, 0) is 43.9 Å². The molecule has 6 nitrogen and oxygen atoms in total. The fourth-order valence-electron chi connectivity index (χ4n) is 2.50. The van der Waals surface area contributed by atoms with Crippen LogP contribution in [0.3, 0.4) is 0 Å². The van der Waals surface area contributed by atoms with Crippen LogP contribution in [0.25, 0.3) is 6.08 Å². The monoisotopic (exact) mass is 421 g/mol. The largest absolute Gasteiger partial charge is 0.573 e. The number of para-hydroxylation sites is 1. The summed E-state index contributed by atoms with van der Waals surface area (Å²) in [6.07, 6.45) is -2.45. The zero-order valence-corrected chi connectivity index (χ0v) is 16.5. The van der Waals surface area contributed by atoms with Gasteiger partial charge in [0.25, 0.3) is 0 Å². The number of likely N-dealkylation sites (N-methyl/N-ethyl adjacent to an activating group) is 1. The summed E-state index contributed by atoms with van der Waals surface area (Å²) < 4.78 is 41.3. The molecule has 0 saturated carbocycles. The predicted molar refractivity (Wildman–Crippen MR) is 108 cm³/mol. The molecule has 160 valence electrons. The Morgan fingerprint density at radius 3 is 2.53 bits per heavy atom. The lowest BCUT2D eigenvalue weighted by Gasteiger charge is -2.11. The molecule has 0 unspecified atom stereocenters. The summed E-state index contributed by atoms with van der Waals surface area (Å²) in [4.78, 5) is 25.6. The number of rotatable bonds is 8. The molecule has 0 bridgehead atoms. The zero-order valence-electron chi connectivity index (χ0n) is 16.5. The smallest absolute Gasteiger partial charge is 0.405 e. The van der Waals surface area contributed by atoms with Crippen LogP contribution in [0, 0.1) is 0 Å². The Hall–Kier alpha value is -3.33. The molecule has 0 aliphatic carbocycles. The molecule has 2 rings (SSSR count). The molecule has 0 spiro atoms. The molecule has 0 aliphatic heterocycles. The van der Waals surface area contributed by atoms with Crippen LogP contribution >= 0.6 is 0 Å². The van der Waals surface area contributed by atoms with E-state index in [-0.39, 0.29) is 24.6 Å². The highest BCUT2D eigenvalue weighted by Crippen LogP contribution is 2.26. The Morgan fingerprint density at radius 1 is 1.10 bits per heavy atom. The van der Waals surface area contributed by atoms with Gasteiger partial charge in [-0.1, -0.05) is 30.3 Å². The maximum Gasteiger partial charge on any atom is 0.573 e. The first kappa shape index (κ1) is 23.0. The van der Waals surface area contributed by atoms with E-state index >= 15 is 0 Å². The summed E-state index contributed by atoms with van der Waals surface area (Å²) in [6, 6.07) is 12.5. The van der Waals surface area contributed by atoms with Crippen LogP contribution in [0.5, 0.6) is 5.75 Å². The minimum atomic E-state index is -4.82. The number of amides is 2. The van der Waals surface area contributed by atoms with Gasteiger partial charge < -0.3 is 20.3 Å². The molecule has 0 atom stereocenters. The fourth-order valence-corrected chi connectivity index (χ4v) is 2.50. The van der Waals surface area contributed by atoms with Gasteiger partial charge in [-0.15, -0.1) is 13.2 Å². The van der Waals surface area contributed by atoms with Crippen LogP contribution in [-0.4, -0.2) is 43.7 Å². The second kappa shape index (κ2) is 10.4. The highest BCUT2D eigenvalue weighted by Gasteiger charge is 2.31. The third-order valence-corrected chi connectivity index (χ3v) is 3.70. The van der Waals surface area contributed by atoms with E-state index in [4.69, 9.17) is 0 Å². The number of nitrogens with zero attached hydrogens (tertiary/aromatic N) is 1. The average molecular weight is 421 g/mol. The number of hydrogen-bond donors (Lipinski definition) is 2. The number of carbonyl (C=O) groups excluding carboxylic acids is 2. The second-order valence-corrected chi connectivity index (χ2v) is 6.62. The minimum absolute atomic E-state index is 0.121. The van der Waals surface area contributed by atoms with Crippen molar-refractivity contribution in [1.82, 2.24) is 10.2 Å². The third-order valence-electron chi connectivity index (χ3n) is 3.70. The summed E-state index contributed by atoms with van der Waals surface area (Å²) in [5, 5.41) is 5.40.